The van der Waals surface area contributed by atoms with E-state index in [2.05, 4.69) is 5.32 Å². The van der Waals surface area contributed by atoms with Crippen LogP contribution in [-0.2, 0) is 0 Å². The van der Waals surface area contributed by atoms with Gasteiger partial charge in [-0.05, 0) is 48.5 Å². The average Bonchev–Trinajstić information content (AvgIpc) is 2.40. The smallest absolute Gasteiger partial charge is 0.255 e. The van der Waals surface area contributed by atoms with Crippen LogP contribution in [0.1, 0.15) is 15.9 Å². The molecule has 3 nitrogen and oxygen atoms in total. The Kier molecular flexibility index (Phi) is 3.87. The molecule has 0 spiro atoms. The number of carbonyl (C=O) groups is 1. The normalized spacial score (nSPS) is 9.95. The van der Waals surface area contributed by atoms with E-state index < -0.39 is 0 Å². The van der Waals surface area contributed by atoms with E-state index in [9.17, 15) is 9.18 Å². The van der Waals surface area contributed by atoms with E-state index in [1.54, 1.807) is 24.3 Å². The molecular weight excluding hydrogens is 263 g/mol. The predicted molar refractivity (Wildman–Crippen MR) is 76.7 cm³/mol. The molecule has 0 aliphatic carbocycles. The number of halogens is 1. The molecule has 3 N–H and O–H groups in total. The summed E-state index contributed by atoms with van der Waals surface area (Å²) in [6, 6.07) is 12.2. The number of rotatable bonds is 3. The van der Waals surface area contributed by atoms with E-state index in [1.165, 1.54) is 24.3 Å². The highest BCUT2D eigenvalue weighted by atomic mass is 32.1. The molecule has 0 heterocycles. The summed E-state index contributed by atoms with van der Waals surface area (Å²) in [6.45, 7) is 0. The third kappa shape index (κ3) is 3.35. The van der Waals surface area contributed by atoms with Crippen LogP contribution >= 0.6 is 12.2 Å². The molecule has 0 bridgehead atoms. The fraction of sp³-hybridized carbons (Fsp3) is 0. The Balaban J connectivity index is 2.10. The standard InChI is InChI=1S/C14H11FN2OS/c15-11-5-1-10(2-6-11)14(18)17-12-7-3-9(4-8-12)13(16)19/h1-8H,(H2,16,19)(H,17,18). The summed E-state index contributed by atoms with van der Waals surface area (Å²) in [5.74, 6) is -0.680. The average molecular weight is 274 g/mol. The molecule has 0 aliphatic rings. The number of thiocarbonyl (C=S) groups is 1. The first-order valence-electron chi connectivity index (χ1n) is 5.53. The van der Waals surface area contributed by atoms with Gasteiger partial charge in [0.05, 0.1) is 0 Å². The summed E-state index contributed by atoms with van der Waals surface area (Å²) >= 11 is 4.84. The fourth-order valence-corrected chi connectivity index (χ4v) is 1.66. The van der Waals surface area contributed by atoms with Crippen LogP contribution in [0.25, 0.3) is 0 Å². The number of anilines is 1. The summed E-state index contributed by atoms with van der Waals surface area (Å²) in [7, 11) is 0. The second-order valence-corrected chi connectivity index (χ2v) is 4.34. The second kappa shape index (κ2) is 5.58. The minimum absolute atomic E-state index is 0.302. The highest BCUT2D eigenvalue weighted by molar-refractivity contribution is 7.80. The lowest BCUT2D eigenvalue weighted by molar-refractivity contribution is 0.102. The first-order chi connectivity index (χ1) is 9.06. The van der Waals surface area contributed by atoms with Crippen molar-refractivity contribution in [1.82, 2.24) is 0 Å². The first kappa shape index (κ1) is 13.2. The Hall–Kier alpha value is -2.27. The molecule has 96 valence electrons. The van der Waals surface area contributed by atoms with Crippen molar-refractivity contribution in [2.24, 2.45) is 5.73 Å². The van der Waals surface area contributed by atoms with Crippen molar-refractivity contribution in [1.29, 1.82) is 0 Å². The lowest BCUT2D eigenvalue weighted by atomic mass is 10.2. The largest absolute Gasteiger partial charge is 0.389 e. The lowest BCUT2D eigenvalue weighted by Gasteiger charge is -2.06. The fourth-order valence-electron chi connectivity index (χ4n) is 1.52. The second-order valence-electron chi connectivity index (χ2n) is 3.90. The minimum atomic E-state index is -0.377. The van der Waals surface area contributed by atoms with Crippen LogP contribution in [0.2, 0.25) is 0 Å². The van der Waals surface area contributed by atoms with Crippen molar-refractivity contribution in [2.75, 3.05) is 5.32 Å². The van der Waals surface area contributed by atoms with Crippen molar-refractivity contribution < 1.29 is 9.18 Å². The predicted octanol–water partition coefficient (Wildman–Crippen LogP) is 2.71. The van der Waals surface area contributed by atoms with Crippen LogP contribution in [0.5, 0.6) is 0 Å². The molecular formula is C14H11FN2OS. The molecule has 0 radical (unpaired) electrons. The zero-order valence-corrected chi connectivity index (χ0v) is 10.7. The van der Waals surface area contributed by atoms with Crippen LogP contribution in [0, 0.1) is 5.82 Å². The van der Waals surface area contributed by atoms with Gasteiger partial charge in [0.25, 0.3) is 5.91 Å². The maximum Gasteiger partial charge on any atom is 0.255 e. The van der Waals surface area contributed by atoms with Crippen LogP contribution in [0.15, 0.2) is 48.5 Å². The van der Waals surface area contributed by atoms with Gasteiger partial charge in [-0.15, -0.1) is 0 Å². The Bertz CT molecular complexity index is 608. The maximum atomic E-state index is 12.7. The van der Waals surface area contributed by atoms with Crippen molar-refractivity contribution in [3.63, 3.8) is 0 Å². The number of benzene rings is 2. The SMILES string of the molecule is NC(=S)c1ccc(NC(=O)c2ccc(F)cc2)cc1. The lowest BCUT2D eigenvalue weighted by Crippen LogP contribution is -2.13. The van der Waals surface area contributed by atoms with Gasteiger partial charge in [0.1, 0.15) is 10.8 Å². The Morgan fingerprint density at radius 1 is 1.00 bits per heavy atom. The molecule has 0 aromatic heterocycles. The van der Waals surface area contributed by atoms with Gasteiger partial charge < -0.3 is 11.1 Å². The molecule has 1 amide bonds. The van der Waals surface area contributed by atoms with E-state index >= 15 is 0 Å². The van der Waals surface area contributed by atoms with E-state index in [-0.39, 0.29) is 11.7 Å². The molecule has 19 heavy (non-hydrogen) atoms. The van der Waals surface area contributed by atoms with Crippen molar-refractivity contribution in [3.05, 3.63) is 65.5 Å². The Labute approximate surface area is 115 Å². The van der Waals surface area contributed by atoms with E-state index in [0.717, 1.165) is 5.56 Å². The third-order valence-electron chi connectivity index (χ3n) is 2.53. The summed E-state index contributed by atoms with van der Waals surface area (Å²) in [4.78, 5) is 12.2. The van der Waals surface area contributed by atoms with Gasteiger partial charge in [-0.3, -0.25) is 4.79 Å². The molecule has 2 aromatic rings. The van der Waals surface area contributed by atoms with Gasteiger partial charge in [-0.25, -0.2) is 4.39 Å². The molecule has 5 heteroatoms. The van der Waals surface area contributed by atoms with Crippen molar-refractivity contribution in [2.45, 2.75) is 0 Å². The number of nitrogens with two attached hydrogens (primary N) is 1. The number of hydrogen-bond donors (Lipinski definition) is 2. The minimum Gasteiger partial charge on any atom is -0.389 e. The van der Waals surface area contributed by atoms with E-state index in [1.807, 2.05) is 0 Å². The van der Waals surface area contributed by atoms with Crippen LogP contribution in [0.3, 0.4) is 0 Å². The Morgan fingerprint density at radius 3 is 2.05 bits per heavy atom. The summed E-state index contributed by atoms with van der Waals surface area (Å²) in [5, 5.41) is 2.70. The van der Waals surface area contributed by atoms with E-state index in [0.29, 0.717) is 16.2 Å². The summed E-state index contributed by atoms with van der Waals surface area (Å²) in [6.07, 6.45) is 0. The van der Waals surface area contributed by atoms with Gasteiger partial charge >= 0.3 is 0 Å². The highest BCUT2D eigenvalue weighted by Gasteiger charge is 2.06. The monoisotopic (exact) mass is 274 g/mol. The Morgan fingerprint density at radius 2 is 1.53 bits per heavy atom. The quantitative estimate of drug-likeness (QED) is 0.846. The van der Waals surface area contributed by atoms with Gasteiger partial charge in [-0.1, -0.05) is 12.2 Å². The zero-order valence-electron chi connectivity index (χ0n) is 9.89. The van der Waals surface area contributed by atoms with Crippen LogP contribution < -0.4 is 11.1 Å². The third-order valence-corrected chi connectivity index (χ3v) is 2.77. The zero-order chi connectivity index (χ0) is 13.8. The molecule has 0 unspecified atom stereocenters. The van der Waals surface area contributed by atoms with Gasteiger partial charge in [0, 0.05) is 16.8 Å². The van der Waals surface area contributed by atoms with Gasteiger partial charge in [-0.2, -0.15) is 0 Å². The molecule has 0 aliphatic heterocycles. The molecule has 0 fully saturated rings. The number of carbonyl (C=O) groups excluding carboxylic acids is 1. The van der Waals surface area contributed by atoms with Crippen molar-refractivity contribution >= 4 is 28.8 Å². The molecule has 0 saturated heterocycles. The number of nitrogens with one attached hydrogen (secondary N) is 1. The molecule has 2 aromatic carbocycles. The van der Waals surface area contributed by atoms with Crippen LogP contribution in [-0.4, -0.2) is 10.9 Å². The first-order valence-corrected chi connectivity index (χ1v) is 5.94. The van der Waals surface area contributed by atoms with Crippen LogP contribution in [0.4, 0.5) is 10.1 Å². The number of amides is 1. The topological polar surface area (TPSA) is 55.1 Å². The summed E-state index contributed by atoms with van der Waals surface area (Å²) < 4.78 is 12.7. The number of hydrogen-bond acceptors (Lipinski definition) is 2. The van der Waals surface area contributed by atoms with E-state index in [4.69, 9.17) is 18.0 Å². The molecule has 2 rings (SSSR count). The maximum absolute atomic E-state index is 12.7. The summed E-state index contributed by atoms with van der Waals surface area (Å²) in [5.41, 5.74) is 7.22. The van der Waals surface area contributed by atoms with Crippen molar-refractivity contribution in [3.8, 4) is 0 Å². The highest BCUT2D eigenvalue weighted by Crippen LogP contribution is 2.12. The van der Waals surface area contributed by atoms with Gasteiger partial charge in [0.15, 0.2) is 0 Å². The molecule has 0 atom stereocenters. The van der Waals surface area contributed by atoms with Gasteiger partial charge in [0.2, 0.25) is 0 Å². The molecule has 0 saturated carbocycles.